The largest absolute Gasteiger partial charge is 0.468 e. The number of nitrogens with one attached hydrogen (secondary N) is 1. The van der Waals surface area contributed by atoms with Gasteiger partial charge in [0.1, 0.15) is 19.4 Å². The van der Waals surface area contributed by atoms with E-state index in [0.717, 1.165) is 11.2 Å². The van der Waals surface area contributed by atoms with Crippen LogP contribution >= 0.6 is 0 Å². The van der Waals surface area contributed by atoms with Crippen LogP contribution < -0.4 is 0 Å². The molecule has 0 saturated heterocycles. The Morgan fingerprint density at radius 2 is 1.78 bits per heavy atom. The molecule has 1 N–H and O–H groups in total. The van der Waals surface area contributed by atoms with E-state index >= 15 is 0 Å². The van der Waals surface area contributed by atoms with Gasteiger partial charge in [0.25, 0.3) is 5.91 Å². The topological polar surface area (TPSA) is 114 Å². The monoisotopic (exact) mass is 256 g/mol. The molecule has 0 atom stereocenters. The minimum Gasteiger partial charge on any atom is -0.468 e. The van der Waals surface area contributed by atoms with Gasteiger partial charge in [-0.2, -0.15) is 5.10 Å². The van der Waals surface area contributed by atoms with E-state index in [1.165, 1.54) is 14.2 Å². The number of carbonyl (C=O) groups excluding carboxylic acids is 3. The molecule has 0 bridgehead atoms. The van der Waals surface area contributed by atoms with Crippen LogP contribution in [0.25, 0.3) is 0 Å². The summed E-state index contributed by atoms with van der Waals surface area (Å²) >= 11 is 0. The number of methoxy groups -OCH3 is 2. The second kappa shape index (κ2) is 6.33. The highest BCUT2D eigenvalue weighted by molar-refractivity contribution is 5.94. The van der Waals surface area contributed by atoms with Crippen LogP contribution in [-0.2, 0) is 19.1 Å². The maximum atomic E-state index is 11.9. The minimum atomic E-state index is -0.660. The molecule has 1 rings (SSSR count). The van der Waals surface area contributed by atoms with E-state index < -0.39 is 17.8 Å². The number of esters is 2. The number of aromatic nitrogens is 3. The van der Waals surface area contributed by atoms with Crippen molar-refractivity contribution in [3.8, 4) is 0 Å². The van der Waals surface area contributed by atoms with Gasteiger partial charge < -0.3 is 14.4 Å². The van der Waals surface area contributed by atoms with Crippen molar-refractivity contribution < 1.29 is 23.9 Å². The fraction of sp³-hybridized carbons (Fsp3) is 0.444. The van der Waals surface area contributed by atoms with Crippen LogP contribution in [-0.4, -0.2) is 65.2 Å². The number of rotatable bonds is 5. The van der Waals surface area contributed by atoms with E-state index in [1.54, 1.807) is 0 Å². The predicted octanol–water partition coefficient (Wildman–Crippen LogP) is -1.41. The molecule has 1 aromatic rings. The summed E-state index contributed by atoms with van der Waals surface area (Å²) in [5.74, 6) is -2.05. The molecule has 0 aliphatic carbocycles. The molecule has 0 unspecified atom stereocenters. The quantitative estimate of drug-likeness (QED) is 0.644. The second-order valence-electron chi connectivity index (χ2n) is 3.15. The zero-order chi connectivity index (χ0) is 13.5. The lowest BCUT2D eigenvalue weighted by Gasteiger charge is -2.18. The number of aromatic amines is 1. The molecule has 0 radical (unpaired) electrons. The Morgan fingerprint density at radius 1 is 1.22 bits per heavy atom. The fourth-order valence-corrected chi connectivity index (χ4v) is 1.10. The SMILES string of the molecule is COC(=O)CN(CC(=O)OC)C(=O)c1ncn[nH]1. The van der Waals surface area contributed by atoms with E-state index in [2.05, 4.69) is 24.7 Å². The zero-order valence-electron chi connectivity index (χ0n) is 9.87. The average Bonchev–Trinajstić information content (AvgIpc) is 2.90. The standard InChI is InChI=1S/C9H12N4O5/c1-17-6(14)3-13(4-7(15)18-2)9(16)8-10-5-11-12-8/h5H,3-4H2,1-2H3,(H,10,11,12). The number of H-pyrrole nitrogens is 1. The first kappa shape index (κ1) is 13.6. The normalized spacial score (nSPS) is 9.67. The van der Waals surface area contributed by atoms with Crippen molar-refractivity contribution in [1.29, 1.82) is 0 Å². The molecule has 0 fully saturated rings. The molecular weight excluding hydrogens is 244 g/mol. The lowest BCUT2D eigenvalue weighted by atomic mass is 10.4. The summed E-state index contributed by atoms with van der Waals surface area (Å²) in [4.78, 5) is 38.8. The molecule has 1 aromatic heterocycles. The minimum absolute atomic E-state index is 0.0807. The lowest BCUT2D eigenvalue weighted by molar-refractivity contribution is -0.144. The van der Waals surface area contributed by atoms with Gasteiger partial charge in [0, 0.05) is 0 Å². The van der Waals surface area contributed by atoms with Gasteiger partial charge in [0.2, 0.25) is 5.82 Å². The summed E-state index contributed by atoms with van der Waals surface area (Å²) in [5, 5.41) is 5.85. The smallest absolute Gasteiger partial charge is 0.325 e. The van der Waals surface area contributed by atoms with Crippen LogP contribution in [0.5, 0.6) is 0 Å². The van der Waals surface area contributed by atoms with Gasteiger partial charge in [-0.05, 0) is 0 Å². The predicted molar refractivity (Wildman–Crippen MR) is 56.3 cm³/mol. The maximum Gasteiger partial charge on any atom is 0.325 e. The number of carbonyl (C=O) groups is 3. The first-order valence-electron chi connectivity index (χ1n) is 4.86. The molecule has 18 heavy (non-hydrogen) atoms. The average molecular weight is 256 g/mol. The molecule has 0 aromatic carbocycles. The summed E-state index contributed by atoms with van der Waals surface area (Å²) in [6, 6.07) is 0. The van der Waals surface area contributed by atoms with Gasteiger partial charge >= 0.3 is 11.9 Å². The molecular formula is C9H12N4O5. The van der Waals surface area contributed by atoms with E-state index in [0.29, 0.717) is 0 Å². The number of hydrogen-bond acceptors (Lipinski definition) is 7. The third-order valence-electron chi connectivity index (χ3n) is 2.00. The van der Waals surface area contributed by atoms with Crippen molar-refractivity contribution in [2.24, 2.45) is 0 Å². The first-order chi connectivity index (χ1) is 8.58. The Labute approximate surface area is 102 Å². The van der Waals surface area contributed by atoms with Crippen LogP contribution in [0.2, 0.25) is 0 Å². The molecule has 9 nitrogen and oxygen atoms in total. The van der Waals surface area contributed by atoms with Gasteiger partial charge in [-0.3, -0.25) is 19.5 Å². The van der Waals surface area contributed by atoms with Gasteiger partial charge in [-0.1, -0.05) is 0 Å². The summed E-state index contributed by atoms with van der Waals surface area (Å²) < 4.78 is 8.86. The molecule has 0 aliphatic rings. The molecule has 98 valence electrons. The van der Waals surface area contributed by atoms with Crippen molar-refractivity contribution in [2.45, 2.75) is 0 Å². The van der Waals surface area contributed by atoms with E-state index in [1.807, 2.05) is 0 Å². The van der Waals surface area contributed by atoms with Crippen LogP contribution in [0, 0.1) is 0 Å². The highest BCUT2D eigenvalue weighted by atomic mass is 16.5. The van der Waals surface area contributed by atoms with Crippen molar-refractivity contribution in [3.63, 3.8) is 0 Å². The maximum absolute atomic E-state index is 11.9. The van der Waals surface area contributed by atoms with Gasteiger partial charge in [0.05, 0.1) is 14.2 Å². The first-order valence-corrected chi connectivity index (χ1v) is 4.86. The molecule has 0 saturated carbocycles. The Morgan fingerprint density at radius 3 is 2.17 bits per heavy atom. The summed E-state index contributed by atoms with van der Waals surface area (Å²) in [6.07, 6.45) is 1.14. The van der Waals surface area contributed by atoms with Crippen molar-refractivity contribution in [3.05, 3.63) is 12.2 Å². The molecule has 0 spiro atoms. The molecule has 1 amide bonds. The third-order valence-corrected chi connectivity index (χ3v) is 2.00. The number of ether oxygens (including phenoxy) is 2. The van der Waals surface area contributed by atoms with Gasteiger partial charge in [0.15, 0.2) is 0 Å². The summed E-state index contributed by atoms with van der Waals surface area (Å²) in [5.41, 5.74) is 0. The zero-order valence-corrected chi connectivity index (χ0v) is 9.87. The molecule has 0 aliphatic heterocycles. The Kier molecular flexibility index (Phi) is 4.78. The van der Waals surface area contributed by atoms with Crippen LogP contribution in [0.4, 0.5) is 0 Å². The van der Waals surface area contributed by atoms with Crippen molar-refractivity contribution >= 4 is 17.8 Å². The Balaban J connectivity index is 2.79. The lowest BCUT2D eigenvalue weighted by Crippen LogP contribution is -2.40. The van der Waals surface area contributed by atoms with Crippen molar-refractivity contribution in [1.82, 2.24) is 20.1 Å². The highest BCUT2D eigenvalue weighted by Crippen LogP contribution is 1.99. The van der Waals surface area contributed by atoms with Crippen molar-refractivity contribution in [2.75, 3.05) is 27.3 Å². The van der Waals surface area contributed by atoms with E-state index in [9.17, 15) is 14.4 Å². The van der Waals surface area contributed by atoms with Crippen LogP contribution in [0.1, 0.15) is 10.6 Å². The Bertz CT molecular complexity index is 412. The molecule has 1 heterocycles. The number of hydrogen-bond donors (Lipinski definition) is 1. The van der Waals surface area contributed by atoms with E-state index in [4.69, 9.17) is 0 Å². The summed E-state index contributed by atoms with van der Waals surface area (Å²) in [6.45, 7) is -0.768. The van der Waals surface area contributed by atoms with Crippen LogP contribution in [0.3, 0.4) is 0 Å². The number of amides is 1. The fourth-order valence-electron chi connectivity index (χ4n) is 1.10. The molecule has 9 heteroatoms. The van der Waals surface area contributed by atoms with E-state index in [-0.39, 0.29) is 18.9 Å². The van der Waals surface area contributed by atoms with Gasteiger partial charge in [-0.15, -0.1) is 0 Å². The van der Waals surface area contributed by atoms with Crippen LogP contribution in [0.15, 0.2) is 6.33 Å². The Hall–Kier alpha value is -2.45. The summed E-state index contributed by atoms with van der Waals surface area (Å²) in [7, 11) is 2.36. The van der Waals surface area contributed by atoms with Gasteiger partial charge in [-0.25, -0.2) is 4.98 Å². The second-order valence-corrected chi connectivity index (χ2v) is 3.15. The highest BCUT2D eigenvalue weighted by Gasteiger charge is 2.24. The number of nitrogens with zero attached hydrogens (tertiary/aromatic N) is 3. The third kappa shape index (κ3) is 3.54.